The maximum atomic E-state index is 11.0. The van der Waals surface area contributed by atoms with Crippen LogP contribution in [0, 0.1) is 6.92 Å². The van der Waals surface area contributed by atoms with Crippen LogP contribution in [-0.2, 0) is 7.05 Å². The number of aryl methyl sites for hydroxylation is 2. The van der Waals surface area contributed by atoms with Gasteiger partial charge < -0.3 is 5.11 Å². The molecular weight excluding hydrogens is 328 g/mol. The second-order valence-electron chi connectivity index (χ2n) is 5.65. The van der Waals surface area contributed by atoms with Gasteiger partial charge >= 0.3 is 5.97 Å². The molecule has 0 spiro atoms. The van der Waals surface area contributed by atoms with Gasteiger partial charge in [-0.1, -0.05) is 11.6 Å². The van der Waals surface area contributed by atoms with E-state index in [0.29, 0.717) is 5.15 Å². The van der Waals surface area contributed by atoms with Gasteiger partial charge in [0.2, 0.25) is 0 Å². The predicted octanol–water partition coefficient (Wildman–Crippen LogP) is 3.57. The van der Waals surface area contributed by atoms with E-state index in [2.05, 4.69) is 10.2 Å². The summed E-state index contributed by atoms with van der Waals surface area (Å²) in [6.07, 6.45) is 0. The van der Waals surface area contributed by atoms with Crippen molar-refractivity contribution in [1.82, 2.24) is 19.6 Å². The third kappa shape index (κ3) is 2.07. The minimum atomic E-state index is -0.951. The fraction of sp³-hybridized carbons (Fsp3) is 0.118. The van der Waals surface area contributed by atoms with Crippen molar-refractivity contribution >= 4 is 39.4 Å². The summed E-state index contributed by atoms with van der Waals surface area (Å²) in [6, 6.07) is 10.6. The van der Waals surface area contributed by atoms with Crippen molar-refractivity contribution in [2.24, 2.45) is 7.05 Å². The van der Waals surface area contributed by atoms with Crippen molar-refractivity contribution < 1.29 is 9.90 Å². The van der Waals surface area contributed by atoms with E-state index in [0.717, 1.165) is 33.2 Å². The zero-order valence-corrected chi connectivity index (χ0v) is 13.7. The zero-order chi connectivity index (χ0) is 17.0. The lowest BCUT2D eigenvalue weighted by Crippen LogP contribution is -1.99. The quantitative estimate of drug-likeness (QED) is 0.605. The molecule has 0 bridgehead atoms. The summed E-state index contributed by atoms with van der Waals surface area (Å²) in [7, 11) is 1.80. The molecule has 0 radical (unpaired) electrons. The maximum absolute atomic E-state index is 11.0. The fourth-order valence-corrected chi connectivity index (χ4v) is 3.06. The molecule has 0 fully saturated rings. The molecule has 0 unspecified atom stereocenters. The first kappa shape index (κ1) is 14.7. The van der Waals surface area contributed by atoms with Gasteiger partial charge in [-0.3, -0.25) is 4.68 Å². The Kier molecular flexibility index (Phi) is 3.11. The molecule has 4 aromatic rings. The van der Waals surface area contributed by atoms with Gasteiger partial charge in [0, 0.05) is 17.8 Å². The van der Waals surface area contributed by atoms with E-state index >= 15 is 0 Å². The molecule has 24 heavy (non-hydrogen) atoms. The lowest BCUT2D eigenvalue weighted by Gasteiger charge is -2.04. The summed E-state index contributed by atoms with van der Waals surface area (Å²) in [5.41, 5.74) is 3.59. The monoisotopic (exact) mass is 340 g/mol. The van der Waals surface area contributed by atoms with Crippen LogP contribution >= 0.6 is 11.6 Å². The Hall–Kier alpha value is -2.86. The van der Waals surface area contributed by atoms with Crippen LogP contribution in [0.5, 0.6) is 0 Å². The summed E-state index contributed by atoms with van der Waals surface area (Å²) in [5.74, 6) is -0.951. The van der Waals surface area contributed by atoms with Crippen LogP contribution in [0.4, 0.5) is 0 Å². The first-order valence-electron chi connectivity index (χ1n) is 7.31. The highest BCUT2D eigenvalue weighted by atomic mass is 35.5. The number of carbonyl (C=O) groups is 1. The molecule has 2 heterocycles. The van der Waals surface area contributed by atoms with Crippen molar-refractivity contribution in [3.05, 3.63) is 52.8 Å². The molecule has 6 nitrogen and oxygen atoms in total. The largest absolute Gasteiger partial charge is 0.478 e. The van der Waals surface area contributed by atoms with Crippen LogP contribution in [0.1, 0.15) is 16.1 Å². The van der Waals surface area contributed by atoms with Gasteiger partial charge in [0.1, 0.15) is 5.15 Å². The van der Waals surface area contributed by atoms with Gasteiger partial charge in [-0.25, -0.2) is 9.48 Å². The van der Waals surface area contributed by atoms with E-state index in [4.69, 9.17) is 16.7 Å². The standard InChI is InChI=1S/C17H13ClN4O2/c1-9-12-7-13-14(20-21(2)16(13)18)8-15(12)22(19-9)11-5-3-10(4-6-11)17(23)24/h3-8H,1-2H3,(H,23,24). The Balaban J connectivity index is 1.97. The highest BCUT2D eigenvalue weighted by Gasteiger charge is 2.14. The number of hydrogen-bond acceptors (Lipinski definition) is 3. The first-order valence-corrected chi connectivity index (χ1v) is 7.69. The molecule has 0 aliphatic heterocycles. The van der Waals surface area contributed by atoms with Gasteiger partial charge in [0.25, 0.3) is 0 Å². The Morgan fingerprint density at radius 2 is 1.83 bits per heavy atom. The Bertz CT molecular complexity index is 1110. The number of rotatable bonds is 2. The van der Waals surface area contributed by atoms with E-state index in [1.54, 1.807) is 40.7 Å². The van der Waals surface area contributed by atoms with E-state index < -0.39 is 5.97 Å². The van der Waals surface area contributed by atoms with Gasteiger partial charge in [0.05, 0.1) is 28.0 Å². The summed E-state index contributed by atoms with van der Waals surface area (Å²) in [6.45, 7) is 1.93. The van der Waals surface area contributed by atoms with Crippen LogP contribution in [0.15, 0.2) is 36.4 Å². The normalized spacial score (nSPS) is 11.5. The van der Waals surface area contributed by atoms with E-state index in [1.165, 1.54) is 0 Å². The Morgan fingerprint density at radius 3 is 2.50 bits per heavy atom. The Labute approximate surface area is 141 Å². The maximum Gasteiger partial charge on any atom is 0.335 e. The van der Waals surface area contributed by atoms with E-state index in [-0.39, 0.29) is 5.56 Å². The van der Waals surface area contributed by atoms with Crippen LogP contribution in [0.25, 0.3) is 27.5 Å². The molecule has 4 rings (SSSR count). The molecule has 0 atom stereocenters. The lowest BCUT2D eigenvalue weighted by molar-refractivity contribution is 0.0697. The number of fused-ring (bicyclic) bond motifs is 2. The van der Waals surface area contributed by atoms with Crippen molar-refractivity contribution in [3.63, 3.8) is 0 Å². The summed E-state index contributed by atoms with van der Waals surface area (Å²) in [5, 5.41) is 20.5. The van der Waals surface area contributed by atoms with Crippen LogP contribution in [0.3, 0.4) is 0 Å². The average Bonchev–Trinajstić information content (AvgIpc) is 3.03. The number of carboxylic acids is 1. The second kappa shape index (κ2) is 5.07. The van der Waals surface area contributed by atoms with Gasteiger partial charge in [-0.2, -0.15) is 10.2 Å². The predicted molar refractivity (Wildman–Crippen MR) is 92.0 cm³/mol. The third-order valence-corrected chi connectivity index (χ3v) is 4.55. The number of aromatic carboxylic acids is 1. The molecule has 0 aliphatic carbocycles. The molecule has 2 aromatic heterocycles. The molecule has 0 saturated heterocycles. The lowest BCUT2D eigenvalue weighted by atomic mass is 10.1. The minimum absolute atomic E-state index is 0.242. The molecule has 2 aromatic carbocycles. The number of aromatic nitrogens is 4. The molecule has 0 saturated carbocycles. The molecule has 1 N–H and O–H groups in total. The minimum Gasteiger partial charge on any atom is -0.478 e. The number of carboxylic acid groups (broad SMARTS) is 1. The topological polar surface area (TPSA) is 72.9 Å². The zero-order valence-electron chi connectivity index (χ0n) is 13.0. The van der Waals surface area contributed by atoms with Crippen LogP contribution < -0.4 is 0 Å². The molecular formula is C17H13ClN4O2. The summed E-state index contributed by atoms with van der Waals surface area (Å²) in [4.78, 5) is 11.0. The number of benzene rings is 2. The average molecular weight is 341 g/mol. The van der Waals surface area contributed by atoms with Gasteiger partial charge in [-0.05, 0) is 43.3 Å². The van der Waals surface area contributed by atoms with Crippen LogP contribution in [0.2, 0.25) is 5.15 Å². The number of halogens is 1. The highest BCUT2D eigenvalue weighted by molar-refractivity contribution is 6.34. The third-order valence-electron chi connectivity index (χ3n) is 4.10. The van der Waals surface area contributed by atoms with Crippen molar-refractivity contribution in [1.29, 1.82) is 0 Å². The Morgan fingerprint density at radius 1 is 1.12 bits per heavy atom. The number of nitrogens with zero attached hydrogens (tertiary/aromatic N) is 4. The van der Waals surface area contributed by atoms with Crippen LogP contribution in [-0.4, -0.2) is 30.6 Å². The fourth-order valence-electron chi connectivity index (χ4n) is 2.87. The molecule has 120 valence electrons. The summed E-state index contributed by atoms with van der Waals surface area (Å²) >= 11 is 6.28. The van der Waals surface area contributed by atoms with Crippen molar-refractivity contribution in [2.45, 2.75) is 6.92 Å². The number of hydrogen-bond donors (Lipinski definition) is 1. The second-order valence-corrected chi connectivity index (χ2v) is 6.01. The summed E-state index contributed by atoms with van der Waals surface area (Å²) < 4.78 is 3.43. The van der Waals surface area contributed by atoms with Crippen molar-refractivity contribution in [2.75, 3.05) is 0 Å². The SMILES string of the molecule is Cc1nn(-c2ccc(C(=O)O)cc2)c2cc3nn(C)c(Cl)c3cc12. The van der Waals surface area contributed by atoms with Crippen molar-refractivity contribution in [3.8, 4) is 5.69 Å². The smallest absolute Gasteiger partial charge is 0.335 e. The van der Waals surface area contributed by atoms with Gasteiger partial charge in [-0.15, -0.1) is 0 Å². The molecule has 0 amide bonds. The molecule has 7 heteroatoms. The first-order chi connectivity index (χ1) is 11.5. The highest BCUT2D eigenvalue weighted by Crippen LogP contribution is 2.30. The van der Waals surface area contributed by atoms with E-state index in [1.807, 2.05) is 19.1 Å². The van der Waals surface area contributed by atoms with E-state index in [9.17, 15) is 4.79 Å². The molecule has 0 aliphatic rings. The van der Waals surface area contributed by atoms with Gasteiger partial charge in [0.15, 0.2) is 0 Å².